The van der Waals surface area contributed by atoms with E-state index in [4.69, 9.17) is 0 Å². The average Bonchev–Trinajstić information content (AvgIpc) is 3.27. The van der Waals surface area contributed by atoms with Crippen LogP contribution >= 0.6 is 11.3 Å². The molecule has 3 heterocycles. The number of aromatic nitrogens is 3. The predicted molar refractivity (Wildman–Crippen MR) is 122 cm³/mol. The second-order valence-electron chi connectivity index (χ2n) is 7.11. The fourth-order valence-corrected chi connectivity index (χ4v) is 3.91. The van der Waals surface area contributed by atoms with E-state index < -0.39 is 22.5 Å². The summed E-state index contributed by atoms with van der Waals surface area (Å²) in [5.74, 6) is -0.482. The summed E-state index contributed by atoms with van der Waals surface area (Å²) in [4.78, 5) is 55.7. The minimum Gasteiger partial charge on any atom is -0.371 e. The molecule has 1 amide bonds. The summed E-state index contributed by atoms with van der Waals surface area (Å²) in [6, 6.07) is 3.65. The highest BCUT2D eigenvalue weighted by Crippen LogP contribution is 2.27. The molecule has 10 nitrogen and oxygen atoms in total. The van der Waals surface area contributed by atoms with Crippen LogP contribution in [0.15, 0.2) is 44.3 Å². The van der Waals surface area contributed by atoms with Gasteiger partial charge in [0.2, 0.25) is 5.43 Å². The Kier molecular flexibility index (Phi) is 6.44. The number of pyridine rings is 1. The van der Waals surface area contributed by atoms with Gasteiger partial charge in [-0.05, 0) is 17.9 Å². The molecule has 3 aromatic rings. The first-order valence-electron chi connectivity index (χ1n) is 9.57. The van der Waals surface area contributed by atoms with Crippen LogP contribution < -0.4 is 27.2 Å². The van der Waals surface area contributed by atoms with Crippen molar-refractivity contribution in [3.8, 4) is 0 Å². The van der Waals surface area contributed by atoms with Gasteiger partial charge >= 0.3 is 0 Å². The smallest absolute Gasteiger partial charge is 0.290 e. The van der Waals surface area contributed by atoms with Crippen LogP contribution in [0.3, 0.4) is 0 Å². The van der Waals surface area contributed by atoms with Gasteiger partial charge in [0, 0.05) is 38.4 Å². The number of hydrogen-bond acceptors (Lipinski definition) is 7. The molecule has 0 saturated carbocycles. The molecule has 164 valence electrons. The lowest BCUT2D eigenvalue weighted by molar-refractivity contribution is 0.0826. The molecule has 0 unspecified atom stereocenters. The van der Waals surface area contributed by atoms with E-state index in [0.717, 1.165) is 9.56 Å². The molecule has 0 spiro atoms. The van der Waals surface area contributed by atoms with Crippen LogP contribution in [0.2, 0.25) is 0 Å². The number of rotatable bonds is 7. The minimum atomic E-state index is -0.589. The van der Waals surface area contributed by atoms with Gasteiger partial charge < -0.3 is 20.5 Å². The van der Waals surface area contributed by atoms with E-state index in [2.05, 4.69) is 20.7 Å². The molecule has 11 heteroatoms. The van der Waals surface area contributed by atoms with Crippen LogP contribution in [0.1, 0.15) is 34.6 Å². The minimum absolute atomic E-state index is 0.0290. The molecule has 0 bridgehead atoms. The number of anilines is 3. The number of nitrogens with zero attached hydrogens (tertiary/aromatic N) is 2. The fourth-order valence-electron chi connectivity index (χ4n) is 3.05. The van der Waals surface area contributed by atoms with Gasteiger partial charge in [-0.1, -0.05) is 13.0 Å². The fraction of sp³-hybridized carbons (Fsp3) is 0.300. The maximum absolute atomic E-state index is 12.8. The SMILES string of the molecule is CC[C@@H](Nc1c(Nc2c[nH]cc(C(=O)N(C)C)c2=O)c(=O)[nH]n(C)c1=O)c1cccs1. The van der Waals surface area contributed by atoms with Crippen LogP contribution in [0.25, 0.3) is 0 Å². The van der Waals surface area contributed by atoms with E-state index in [1.54, 1.807) is 0 Å². The van der Waals surface area contributed by atoms with E-state index in [9.17, 15) is 19.2 Å². The maximum Gasteiger partial charge on any atom is 0.290 e. The normalized spacial score (nSPS) is 11.7. The van der Waals surface area contributed by atoms with Crippen LogP contribution in [-0.2, 0) is 7.05 Å². The Bertz CT molecular complexity index is 1260. The highest BCUT2D eigenvalue weighted by Gasteiger charge is 2.21. The van der Waals surface area contributed by atoms with Crippen LogP contribution in [0, 0.1) is 0 Å². The molecule has 0 fully saturated rings. The van der Waals surface area contributed by atoms with Gasteiger partial charge in [0.05, 0.1) is 6.04 Å². The molecule has 0 aliphatic heterocycles. The zero-order valence-electron chi connectivity index (χ0n) is 17.6. The molecule has 0 radical (unpaired) electrons. The van der Waals surface area contributed by atoms with Gasteiger partial charge in [-0.25, -0.2) is 0 Å². The molecule has 4 N–H and O–H groups in total. The van der Waals surface area contributed by atoms with Crippen molar-refractivity contribution in [2.45, 2.75) is 19.4 Å². The van der Waals surface area contributed by atoms with E-state index >= 15 is 0 Å². The number of aromatic amines is 2. The highest BCUT2D eigenvalue weighted by molar-refractivity contribution is 7.10. The van der Waals surface area contributed by atoms with E-state index in [0.29, 0.717) is 6.42 Å². The predicted octanol–water partition coefficient (Wildman–Crippen LogP) is 1.83. The van der Waals surface area contributed by atoms with Crippen molar-refractivity contribution in [3.05, 3.63) is 71.3 Å². The largest absolute Gasteiger partial charge is 0.371 e. The van der Waals surface area contributed by atoms with E-state index in [1.807, 2.05) is 24.4 Å². The molecule has 0 saturated heterocycles. The average molecular weight is 445 g/mol. The number of H-pyrrole nitrogens is 2. The molecule has 3 rings (SSSR count). The monoisotopic (exact) mass is 444 g/mol. The molecule has 1 atom stereocenters. The summed E-state index contributed by atoms with van der Waals surface area (Å²) in [7, 11) is 4.50. The van der Waals surface area contributed by atoms with Crippen molar-refractivity contribution in [3.63, 3.8) is 0 Å². The Labute approximate surface area is 181 Å². The Hall–Kier alpha value is -3.60. The number of nitrogens with one attached hydrogen (secondary N) is 4. The van der Waals surface area contributed by atoms with Gasteiger partial charge in [0.15, 0.2) is 0 Å². The third-order valence-electron chi connectivity index (χ3n) is 4.72. The number of amides is 1. The van der Waals surface area contributed by atoms with Crippen molar-refractivity contribution in [2.24, 2.45) is 7.05 Å². The molecule has 0 aliphatic carbocycles. The molecular weight excluding hydrogens is 420 g/mol. The van der Waals surface area contributed by atoms with Gasteiger partial charge in [-0.2, -0.15) is 0 Å². The van der Waals surface area contributed by atoms with Crippen molar-refractivity contribution < 1.29 is 4.79 Å². The molecular formula is C20H24N6O4S. The van der Waals surface area contributed by atoms with E-state index in [1.165, 1.54) is 49.8 Å². The first-order chi connectivity index (χ1) is 14.7. The first kappa shape index (κ1) is 22.1. The van der Waals surface area contributed by atoms with Gasteiger partial charge in [0.25, 0.3) is 17.0 Å². The number of aryl methyl sites for hydroxylation is 1. The summed E-state index contributed by atoms with van der Waals surface area (Å²) in [5, 5.41) is 10.3. The maximum atomic E-state index is 12.8. The van der Waals surface area contributed by atoms with Crippen LogP contribution in [-0.4, -0.2) is 39.7 Å². The lowest BCUT2D eigenvalue weighted by Crippen LogP contribution is -2.33. The summed E-state index contributed by atoms with van der Waals surface area (Å²) in [6.45, 7) is 1.96. The summed E-state index contributed by atoms with van der Waals surface area (Å²) < 4.78 is 1.08. The third kappa shape index (κ3) is 4.45. The van der Waals surface area contributed by atoms with E-state index in [-0.39, 0.29) is 28.7 Å². The van der Waals surface area contributed by atoms with Gasteiger partial charge in [-0.3, -0.25) is 29.0 Å². The number of carbonyl (C=O) groups is 1. The van der Waals surface area contributed by atoms with Gasteiger partial charge in [0.1, 0.15) is 22.6 Å². The Morgan fingerprint density at radius 3 is 2.58 bits per heavy atom. The first-order valence-corrected chi connectivity index (χ1v) is 10.5. The Morgan fingerprint density at radius 1 is 1.23 bits per heavy atom. The Balaban J connectivity index is 2.09. The number of thiophene rings is 1. The van der Waals surface area contributed by atoms with Crippen molar-refractivity contribution in [1.29, 1.82) is 0 Å². The molecule has 0 aliphatic rings. The molecule has 0 aromatic carbocycles. The molecule has 3 aromatic heterocycles. The lowest BCUT2D eigenvalue weighted by atomic mass is 10.1. The topological polar surface area (TPSA) is 132 Å². The zero-order chi connectivity index (χ0) is 22.7. The van der Waals surface area contributed by atoms with Gasteiger partial charge in [-0.15, -0.1) is 11.3 Å². The summed E-state index contributed by atoms with van der Waals surface area (Å²) in [6.07, 6.45) is 3.31. The Morgan fingerprint density at radius 2 is 1.97 bits per heavy atom. The van der Waals surface area contributed by atoms with Crippen LogP contribution in [0.5, 0.6) is 0 Å². The second-order valence-corrected chi connectivity index (χ2v) is 8.09. The standard InChI is InChI=1S/C20H24N6O4S/c1-5-12(14-7-6-8-31-14)22-16-15(18(28)24-26(4)20(16)30)23-13-10-21-9-11(17(13)27)19(29)25(2)3/h6-10,12,22-23H,5H2,1-4H3,(H,21,27)(H,24,28)/t12-/m1/s1. The van der Waals surface area contributed by atoms with Crippen molar-refractivity contribution in [1.82, 2.24) is 19.7 Å². The number of carbonyl (C=O) groups excluding carboxylic acids is 1. The zero-order valence-corrected chi connectivity index (χ0v) is 18.4. The second kappa shape index (κ2) is 9.04. The lowest BCUT2D eigenvalue weighted by Gasteiger charge is -2.19. The van der Waals surface area contributed by atoms with Crippen LogP contribution in [0.4, 0.5) is 17.1 Å². The number of hydrogen-bond donors (Lipinski definition) is 4. The summed E-state index contributed by atoms with van der Waals surface area (Å²) in [5.41, 5.74) is -1.82. The quantitative estimate of drug-likeness (QED) is 0.440. The highest BCUT2D eigenvalue weighted by atomic mass is 32.1. The molecule has 31 heavy (non-hydrogen) atoms. The van der Waals surface area contributed by atoms with Crippen molar-refractivity contribution in [2.75, 3.05) is 24.7 Å². The van der Waals surface area contributed by atoms with Crippen molar-refractivity contribution >= 4 is 34.3 Å². The third-order valence-corrected chi connectivity index (χ3v) is 5.71. The summed E-state index contributed by atoms with van der Waals surface area (Å²) >= 11 is 1.53.